The number of ether oxygens (including phenoxy) is 1. The zero-order valence-corrected chi connectivity index (χ0v) is 12.0. The van der Waals surface area contributed by atoms with Crippen molar-refractivity contribution in [2.45, 2.75) is 6.92 Å². The Morgan fingerprint density at radius 3 is 2.82 bits per heavy atom. The largest absolute Gasteiger partial charge is 0.462 e. The molecule has 5 heteroatoms. The zero-order valence-electron chi connectivity index (χ0n) is 12.0. The van der Waals surface area contributed by atoms with Crippen LogP contribution < -0.4 is 0 Å². The van der Waals surface area contributed by atoms with E-state index in [9.17, 15) is 9.59 Å². The van der Waals surface area contributed by atoms with Crippen LogP contribution in [0.2, 0.25) is 0 Å². The molecule has 0 bridgehead atoms. The molecule has 3 rings (SSSR count). The maximum atomic E-state index is 12.6. The van der Waals surface area contributed by atoms with Crippen molar-refractivity contribution in [2.24, 2.45) is 0 Å². The number of fused-ring (bicyclic) bond motifs is 1. The Balaban J connectivity index is 2.15. The normalized spacial score (nSPS) is 10.6. The number of carbonyl (C=O) groups excluding carboxylic acids is 2. The molecule has 0 atom stereocenters. The molecule has 0 aliphatic rings. The minimum Gasteiger partial charge on any atom is -0.462 e. The van der Waals surface area contributed by atoms with E-state index in [1.54, 1.807) is 48.0 Å². The third-order valence-electron chi connectivity index (χ3n) is 3.33. The first-order valence-electron chi connectivity index (χ1n) is 6.94. The van der Waals surface area contributed by atoms with E-state index in [4.69, 9.17) is 4.74 Å². The second-order valence-electron chi connectivity index (χ2n) is 4.69. The third-order valence-corrected chi connectivity index (χ3v) is 3.33. The van der Waals surface area contributed by atoms with Crippen molar-refractivity contribution in [3.05, 3.63) is 71.8 Å². The van der Waals surface area contributed by atoms with Gasteiger partial charge in [0.15, 0.2) is 0 Å². The van der Waals surface area contributed by atoms with Crippen molar-refractivity contribution in [3.8, 4) is 0 Å². The molecule has 0 aliphatic carbocycles. The summed E-state index contributed by atoms with van der Waals surface area (Å²) in [5.74, 6) is -0.624. The van der Waals surface area contributed by atoms with Gasteiger partial charge in [0, 0.05) is 24.2 Å². The highest BCUT2D eigenvalue weighted by molar-refractivity contribution is 6.11. The molecule has 22 heavy (non-hydrogen) atoms. The maximum Gasteiger partial charge on any atom is 0.340 e. The number of hydrogen-bond donors (Lipinski definition) is 0. The molecule has 0 aliphatic heterocycles. The fourth-order valence-corrected chi connectivity index (χ4v) is 2.35. The van der Waals surface area contributed by atoms with Crippen LogP contribution >= 0.6 is 0 Å². The number of nitrogens with zero attached hydrogens (tertiary/aromatic N) is 2. The minimum absolute atomic E-state index is 0.190. The average molecular weight is 294 g/mol. The lowest BCUT2D eigenvalue weighted by molar-refractivity contribution is 0.0529. The summed E-state index contributed by atoms with van der Waals surface area (Å²) < 4.78 is 6.75. The number of esters is 1. The van der Waals surface area contributed by atoms with Gasteiger partial charge in [-0.2, -0.15) is 0 Å². The summed E-state index contributed by atoms with van der Waals surface area (Å²) in [6.07, 6.45) is 4.87. The van der Waals surface area contributed by atoms with E-state index in [2.05, 4.69) is 4.98 Å². The summed E-state index contributed by atoms with van der Waals surface area (Å²) in [6.45, 7) is 2.03. The van der Waals surface area contributed by atoms with Crippen molar-refractivity contribution < 1.29 is 14.3 Å². The molecule has 3 heterocycles. The Kier molecular flexibility index (Phi) is 3.70. The number of pyridine rings is 2. The highest BCUT2D eigenvalue weighted by atomic mass is 16.5. The van der Waals surface area contributed by atoms with Gasteiger partial charge in [-0.05, 0) is 37.3 Å². The van der Waals surface area contributed by atoms with Gasteiger partial charge in [-0.3, -0.25) is 9.78 Å². The van der Waals surface area contributed by atoms with Gasteiger partial charge < -0.3 is 9.14 Å². The van der Waals surface area contributed by atoms with Crippen LogP contribution in [0.4, 0.5) is 0 Å². The molecule has 0 amide bonds. The van der Waals surface area contributed by atoms with Crippen LogP contribution in [0.3, 0.4) is 0 Å². The van der Waals surface area contributed by atoms with E-state index in [0.29, 0.717) is 22.3 Å². The van der Waals surface area contributed by atoms with E-state index < -0.39 is 5.97 Å². The Morgan fingerprint density at radius 2 is 2.09 bits per heavy atom. The first kappa shape index (κ1) is 14.0. The van der Waals surface area contributed by atoms with Crippen LogP contribution in [-0.2, 0) is 4.74 Å². The quantitative estimate of drug-likeness (QED) is 0.548. The molecule has 3 aromatic rings. The van der Waals surface area contributed by atoms with Gasteiger partial charge in [0.05, 0.1) is 23.4 Å². The third kappa shape index (κ3) is 2.37. The lowest BCUT2D eigenvalue weighted by Gasteiger charge is -2.02. The summed E-state index contributed by atoms with van der Waals surface area (Å²) in [7, 11) is 0. The van der Waals surface area contributed by atoms with Crippen LogP contribution in [0.25, 0.3) is 5.52 Å². The van der Waals surface area contributed by atoms with Crippen molar-refractivity contribution in [3.63, 3.8) is 0 Å². The molecule has 3 aromatic heterocycles. The van der Waals surface area contributed by atoms with Crippen molar-refractivity contribution >= 4 is 17.3 Å². The SMILES string of the molecule is CCOC(=O)c1cc(C(=O)c2cccnc2)n2ccccc12. The molecule has 0 aromatic carbocycles. The summed E-state index contributed by atoms with van der Waals surface area (Å²) in [6, 6.07) is 10.4. The number of aromatic nitrogens is 2. The predicted molar refractivity (Wildman–Crippen MR) is 81.0 cm³/mol. The van der Waals surface area contributed by atoms with E-state index in [0.717, 1.165) is 0 Å². The van der Waals surface area contributed by atoms with Gasteiger partial charge in [0.25, 0.3) is 0 Å². The molecule has 0 spiro atoms. The smallest absolute Gasteiger partial charge is 0.340 e. The molecular formula is C17H14N2O3. The van der Waals surface area contributed by atoms with E-state index >= 15 is 0 Å². The Hall–Kier alpha value is -2.95. The van der Waals surface area contributed by atoms with Gasteiger partial charge in [-0.15, -0.1) is 0 Å². The molecule has 5 nitrogen and oxygen atoms in total. The molecule has 0 fully saturated rings. The fourth-order valence-electron chi connectivity index (χ4n) is 2.35. The van der Waals surface area contributed by atoms with Crippen LogP contribution in [0.5, 0.6) is 0 Å². The van der Waals surface area contributed by atoms with E-state index in [1.807, 2.05) is 12.1 Å². The molecule has 110 valence electrons. The van der Waals surface area contributed by atoms with Crippen molar-refractivity contribution in [2.75, 3.05) is 6.61 Å². The van der Waals surface area contributed by atoms with Gasteiger partial charge in [-0.25, -0.2) is 4.79 Å². The highest BCUT2D eigenvalue weighted by Crippen LogP contribution is 2.20. The molecular weight excluding hydrogens is 280 g/mol. The Bertz CT molecular complexity index is 837. The standard InChI is InChI=1S/C17H14N2O3/c1-2-22-17(21)13-10-15(19-9-4-3-7-14(13)19)16(20)12-6-5-8-18-11-12/h3-11H,2H2,1H3. The highest BCUT2D eigenvalue weighted by Gasteiger charge is 2.20. The molecule has 0 radical (unpaired) electrons. The summed E-state index contributed by atoms with van der Waals surface area (Å²) in [4.78, 5) is 28.7. The monoisotopic (exact) mass is 294 g/mol. The summed E-state index contributed by atoms with van der Waals surface area (Å²) in [5, 5.41) is 0. The maximum absolute atomic E-state index is 12.6. The average Bonchev–Trinajstić information content (AvgIpc) is 2.95. The summed E-state index contributed by atoms with van der Waals surface area (Å²) in [5.41, 5.74) is 1.91. The number of ketones is 1. The predicted octanol–water partition coefficient (Wildman–Crippen LogP) is 2.74. The van der Waals surface area contributed by atoms with Gasteiger partial charge in [-0.1, -0.05) is 6.07 Å². The first-order valence-corrected chi connectivity index (χ1v) is 6.94. The number of hydrogen-bond acceptors (Lipinski definition) is 4. The fraction of sp³-hybridized carbons (Fsp3) is 0.118. The zero-order chi connectivity index (χ0) is 15.5. The van der Waals surface area contributed by atoms with Crippen molar-refractivity contribution in [1.82, 2.24) is 9.38 Å². The molecule has 0 N–H and O–H groups in total. The van der Waals surface area contributed by atoms with Crippen molar-refractivity contribution in [1.29, 1.82) is 0 Å². The number of rotatable bonds is 4. The minimum atomic E-state index is -0.434. The lowest BCUT2D eigenvalue weighted by atomic mass is 10.1. The first-order chi connectivity index (χ1) is 10.7. The van der Waals surface area contributed by atoms with E-state index in [1.165, 1.54) is 6.20 Å². The second-order valence-corrected chi connectivity index (χ2v) is 4.69. The Morgan fingerprint density at radius 1 is 1.23 bits per heavy atom. The van der Waals surface area contributed by atoms with Crippen LogP contribution in [0.15, 0.2) is 55.0 Å². The second kappa shape index (κ2) is 5.81. The van der Waals surface area contributed by atoms with E-state index in [-0.39, 0.29) is 12.4 Å². The van der Waals surface area contributed by atoms with Gasteiger partial charge in [0.2, 0.25) is 5.78 Å². The topological polar surface area (TPSA) is 60.7 Å². The molecule has 0 unspecified atom stereocenters. The van der Waals surface area contributed by atoms with Crippen LogP contribution in [-0.4, -0.2) is 27.7 Å². The number of carbonyl (C=O) groups is 2. The molecule has 0 saturated carbocycles. The van der Waals surface area contributed by atoms with Gasteiger partial charge >= 0.3 is 5.97 Å². The van der Waals surface area contributed by atoms with Crippen LogP contribution in [0, 0.1) is 0 Å². The van der Waals surface area contributed by atoms with Gasteiger partial charge in [0.1, 0.15) is 0 Å². The Labute approximate surface area is 127 Å². The summed E-state index contributed by atoms with van der Waals surface area (Å²) >= 11 is 0. The van der Waals surface area contributed by atoms with Crippen LogP contribution in [0.1, 0.15) is 33.3 Å². The molecule has 0 saturated heterocycles. The lowest BCUT2D eigenvalue weighted by Crippen LogP contribution is -2.05.